The van der Waals surface area contributed by atoms with Crippen LogP contribution < -0.4 is 5.32 Å². The minimum Gasteiger partial charge on any atom is -0.456 e. The van der Waals surface area contributed by atoms with E-state index in [2.05, 4.69) is 15.3 Å². The Morgan fingerprint density at radius 2 is 1.96 bits per heavy atom. The predicted octanol–water partition coefficient (Wildman–Crippen LogP) is 3.57. The summed E-state index contributed by atoms with van der Waals surface area (Å²) in [7, 11) is 0. The number of ether oxygens (including phenoxy) is 1. The van der Waals surface area contributed by atoms with Crippen LogP contribution in [0, 0.1) is 6.92 Å². The number of H-pyrrole nitrogens is 1. The molecule has 2 N–H and O–H groups in total. The first-order chi connectivity index (χ1) is 13.1. The number of carbonyl (C=O) groups is 2. The number of aryl methyl sites for hydroxylation is 1. The molecular weight excluding hydrogens is 342 g/mol. The minimum absolute atomic E-state index is 0.160. The third-order valence-electron chi connectivity index (χ3n) is 4.39. The maximum atomic E-state index is 12.3. The molecule has 4 rings (SSSR count). The summed E-state index contributed by atoms with van der Waals surface area (Å²) < 4.78 is 5.33. The van der Waals surface area contributed by atoms with Crippen molar-refractivity contribution in [2.24, 2.45) is 0 Å². The van der Waals surface area contributed by atoms with Crippen molar-refractivity contribution >= 4 is 29.2 Å². The van der Waals surface area contributed by atoms with Crippen LogP contribution in [0.15, 0.2) is 54.9 Å². The first-order valence-electron chi connectivity index (χ1n) is 8.50. The summed E-state index contributed by atoms with van der Waals surface area (Å²) in [6.07, 6.45) is 5.06. The van der Waals surface area contributed by atoms with Crippen LogP contribution in [0.1, 0.15) is 32.9 Å². The lowest BCUT2D eigenvalue weighted by Crippen LogP contribution is -2.06. The number of nitrogens with zero attached hydrogens (tertiary/aromatic N) is 1. The maximum Gasteiger partial charge on any atom is 0.355 e. The highest BCUT2D eigenvalue weighted by Gasteiger charge is 2.24. The number of fused-ring (bicyclic) bond motifs is 1. The molecule has 134 valence electrons. The predicted molar refractivity (Wildman–Crippen MR) is 102 cm³/mol. The zero-order valence-electron chi connectivity index (χ0n) is 14.7. The molecule has 0 bridgehead atoms. The summed E-state index contributed by atoms with van der Waals surface area (Å²) in [5.41, 5.74) is 4.96. The first-order valence-corrected chi connectivity index (χ1v) is 8.50. The van der Waals surface area contributed by atoms with Gasteiger partial charge in [-0.05, 0) is 48.4 Å². The van der Waals surface area contributed by atoms with E-state index in [1.165, 1.54) is 0 Å². The Hall–Kier alpha value is -3.67. The molecule has 0 aliphatic carbocycles. The fourth-order valence-electron chi connectivity index (χ4n) is 2.97. The number of anilines is 1. The molecule has 3 heterocycles. The number of hydrogen-bond donors (Lipinski definition) is 2. The zero-order valence-corrected chi connectivity index (χ0v) is 14.7. The lowest BCUT2D eigenvalue weighted by molar-refractivity contribution is -0.110. The molecule has 0 saturated carbocycles. The number of amides is 1. The first kappa shape index (κ1) is 16.8. The van der Waals surface area contributed by atoms with Gasteiger partial charge in [0.05, 0.1) is 5.57 Å². The van der Waals surface area contributed by atoms with E-state index in [9.17, 15) is 9.59 Å². The van der Waals surface area contributed by atoms with Gasteiger partial charge in [-0.15, -0.1) is 0 Å². The SMILES string of the molecule is Cc1cc(C(=O)OCc2ccncc2)[nH]c1/C=C1\C(=O)Nc2ccccc21. The number of pyridine rings is 1. The zero-order chi connectivity index (χ0) is 18.8. The molecule has 0 radical (unpaired) electrons. The number of aromatic amines is 1. The van der Waals surface area contributed by atoms with Gasteiger partial charge in [0.2, 0.25) is 0 Å². The Kier molecular flexibility index (Phi) is 4.30. The van der Waals surface area contributed by atoms with Crippen molar-refractivity contribution in [3.8, 4) is 0 Å². The summed E-state index contributed by atoms with van der Waals surface area (Å²) >= 11 is 0. The van der Waals surface area contributed by atoms with Gasteiger partial charge < -0.3 is 15.0 Å². The monoisotopic (exact) mass is 359 g/mol. The highest BCUT2D eigenvalue weighted by molar-refractivity contribution is 6.34. The molecule has 0 atom stereocenters. The Morgan fingerprint density at radius 1 is 1.19 bits per heavy atom. The van der Waals surface area contributed by atoms with Gasteiger partial charge in [-0.3, -0.25) is 9.78 Å². The van der Waals surface area contributed by atoms with Crippen molar-refractivity contribution in [1.82, 2.24) is 9.97 Å². The van der Waals surface area contributed by atoms with Gasteiger partial charge in [-0.25, -0.2) is 4.79 Å². The molecule has 0 spiro atoms. The molecule has 1 aliphatic rings. The second-order valence-corrected chi connectivity index (χ2v) is 6.27. The van der Waals surface area contributed by atoms with Crippen molar-refractivity contribution in [3.05, 3.63) is 82.9 Å². The van der Waals surface area contributed by atoms with Gasteiger partial charge in [0.1, 0.15) is 12.3 Å². The fourth-order valence-corrected chi connectivity index (χ4v) is 2.97. The van der Waals surface area contributed by atoms with Crippen LogP contribution in [0.2, 0.25) is 0 Å². The standard InChI is InChI=1S/C21H17N3O3/c1-13-10-19(21(26)27-12-14-6-8-22-9-7-14)23-18(13)11-16-15-4-2-3-5-17(15)24-20(16)25/h2-11,23H,12H2,1H3,(H,24,25)/b16-11-. The quantitative estimate of drug-likeness (QED) is 0.551. The third-order valence-corrected chi connectivity index (χ3v) is 4.39. The van der Waals surface area contributed by atoms with E-state index < -0.39 is 5.97 Å². The van der Waals surface area contributed by atoms with Crippen molar-refractivity contribution in [1.29, 1.82) is 0 Å². The van der Waals surface area contributed by atoms with E-state index in [0.29, 0.717) is 17.0 Å². The van der Waals surface area contributed by atoms with Gasteiger partial charge in [0.15, 0.2) is 0 Å². The number of aromatic nitrogens is 2. The average molecular weight is 359 g/mol. The van der Waals surface area contributed by atoms with E-state index in [0.717, 1.165) is 22.4 Å². The summed E-state index contributed by atoms with van der Waals surface area (Å²) in [6.45, 7) is 2.05. The van der Waals surface area contributed by atoms with Gasteiger partial charge >= 0.3 is 5.97 Å². The molecule has 27 heavy (non-hydrogen) atoms. The number of benzene rings is 1. The summed E-state index contributed by atoms with van der Waals surface area (Å²) in [6, 6.07) is 12.8. The Morgan fingerprint density at radius 3 is 2.78 bits per heavy atom. The van der Waals surface area contributed by atoms with Gasteiger partial charge in [-0.1, -0.05) is 18.2 Å². The van der Waals surface area contributed by atoms with Crippen LogP contribution in [-0.4, -0.2) is 21.8 Å². The molecular formula is C21H17N3O3. The summed E-state index contributed by atoms with van der Waals surface area (Å²) in [4.78, 5) is 31.6. The Bertz CT molecular complexity index is 1050. The molecule has 1 aromatic carbocycles. The van der Waals surface area contributed by atoms with E-state index in [1.54, 1.807) is 36.7 Å². The molecule has 0 unspecified atom stereocenters. The highest BCUT2D eigenvalue weighted by Crippen LogP contribution is 2.33. The molecule has 3 aromatic rings. The molecule has 2 aromatic heterocycles. The van der Waals surface area contributed by atoms with Crippen LogP contribution in [0.25, 0.3) is 11.6 Å². The van der Waals surface area contributed by atoms with Gasteiger partial charge in [0, 0.05) is 29.3 Å². The van der Waals surface area contributed by atoms with Crippen molar-refractivity contribution in [3.63, 3.8) is 0 Å². The highest BCUT2D eigenvalue weighted by atomic mass is 16.5. The summed E-state index contributed by atoms with van der Waals surface area (Å²) in [5.74, 6) is -0.608. The second kappa shape index (κ2) is 6.92. The van der Waals surface area contributed by atoms with E-state index >= 15 is 0 Å². The largest absolute Gasteiger partial charge is 0.456 e. The maximum absolute atomic E-state index is 12.3. The van der Waals surface area contributed by atoms with Crippen LogP contribution in [0.4, 0.5) is 5.69 Å². The molecule has 6 heteroatoms. The normalized spacial score (nSPS) is 14.1. The van der Waals surface area contributed by atoms with E-state index in [1.807, 2.05) is 31.2 Å². The lowest BCUT2D eigenvalue weighted by atomic mass is 10.1. The summed E-state index contributed by atoms with van der Waals surface area (Å²) in [5, 5.41) is 2.84. The van der Waals surface area contributed by atoms with Crippen LogP contribution >= 0.6 is 0 Å². The van der Waals surface area contributed by atoms with E-state index in [-0.39, 0.29) is 12.5 Å². The minimum atomic E-state index is -0.448. The number of rotatable bonds is 4. The number of hydrogen-bond acceptors (Lipinski definition) is 4. The smallest absolute Gasteiger partial charge is 0.355 e. The Labute approximate surface area is 155 Å². The topological polar surface area (TPSA) is 84.1 Å². The number of esters is 1. The average Bonchev–Trinajstić information content (AvgIpc) is 3.21. The number of nitrogens with one attached hydrogen (secondary N) is 2. The van der Waals surface area contributed by atoms with Crippen molar-refractivity contribution in [2.75, 3.05) is 5.32 Å². The third kappa shape index (κ3) is 3.37. The van der Waals surface area contributed by atoms with Gasteiger partial charge in [0.25, 0.3) is 5.91 Å². The number of para-hydroxylation sites is 1. The second-order valence-electron chi connectivity index (χ2n) is 6.27. The van der Waals surface area contributed by atoms with Crippen LogP contribution in [0.3, 0.4) is 0 Å². The Balaban J connectivity index is 1.55. The molecule has 1 aliphatic heterocycles. The fraction of sp³-hybridized carbons (Fsp3) is 0.0952. The van der Waals surface area contributed by atoms with Gasteiger partial charge in [-0.2, -0.15) is 0 Å². The van der Waals surface area contributed by atoms with Crippen molar-refractivity contribution in [2.45, 2.75) is 13.5 Å². The van der Waals surface area contributed by atoms with Crippen LogP contribution in [-0.2, 0) is 16.1 Å². The van der Waals surface area contributed by atoms with Crippen molar-refractivity contribution < 1.29 is 14.3 Å². The number of carbonyl (C=O) groups excluding carboxylic acids is 2. The van der Waals surface area contributed by atoms with Crippen LogP contribution in [0.5, 0.6) is 0 Å². The molecule has 1 amide bonds. The lowest BCUT2D eigenvalue weighted by Gasteiger charge is -2.03. The molecule has 6 nitrogen and oxygen atoms in total. The van der Waals surface area contributed by atoms with E-state index in [4.69, 9.17) is 4.74 Å². The molecule has 0 fully saturated rings. The molecule has 0 saturated heterocycles.